The van der Waals surface area contributed by atoms with Gasteiger partial charge in [-0.25, -0.2) is 14.3 Å². The van der Waals surface area contributed by atoms with Gasteiger partial charge in [0.15, 0.2) is 5.96 Å². The third-order valence-electron chi connectivity index (χ3n) is 4.26. The van der Waals surface area contributed by atoms with Crippen molar-refractivity contribution in [2.24, 2.45) is 4.99 Å². The van der Waals surface area contributed by atoms with Gasteiger partial charge in [0.1, 0.15) is 11.4 Å². The van der Waals surface area contributed by atoms with E-state index in [0.29, 0.717) is 32.1 Å². The number of amides is 1. The molecule has 0 spiro atoms. The molecule has 0 aromatic carbocycles. The molecule has 0 saturated heterocycles. The van der Waals surface area contributed by atoms with Crippen LogP contribution in [0.2, 0.25) is 0 Å². The number of carbonyl (C=O) groups excluding carboxylic acids is 1. The predicted octanol–water partition coefficient (Wildman–Crippen LogP) is 0.851. The number of aryl methyl sites for hydroxylation is 2. The molecular formula is C19H35N7O3. The highest BCUT2D eigenvalue weighted by Crippen LogP contribution is 2.09. The van der Waals surface area contributed by atoms with Crippen LogP contribution < -0.4 is 21.6 Å². The monoisotopic (exact) mass is 409 g/mol. The van der Waals surface area contributed by atoms with Gasteiger partial charge in [0.05, 0.1) is 0 Å². The SMILES string of the molecule is CCNC(=NCCCn1nc2n(c1=O)CCCC2)NCCNC(=O)OC(C)(C)C. The molecule has 10 heteroatoms. The summed E-state index contributed by atoms with van der Waals surface area (Å²) >= 11 is 0. The maximum atomic E-state index is 12.3. The van der Waals surface area contributed by atoms with Crippen LogP contribution in [0.25, 0.3) is 0 Å². The molecule has 1 aliphatic rings. The Bertz CT molecular complexity index is 746. The molecule has 2 heterocycles. The van der Waals surface area contributed by atoms with Gasteiger partial charge in [-0.2, -0.15) is 5.10 Å². The van der Waals surface area contributed by atoms with Crippen LogP contribution in [0.1, 0.15) is 52.8 Å². The first-order chi connectivity index (χ1) is 13.8. The number of aliphatic imine (C=N–C) groups is 1. The van der Waals surface area contributed by atoms with E-state index >= 15 is 0 Å². The fraction of sp³-hybridized carbons (Fsp3) is 0.789. The molecule has 0 radical (unpaired) electrons. The van der Waals surface area contributed by atoms with E-state index in [1.54, 1.807) is 9.25 Å². The van der Waals surface area contributed by atoms with Crippen LogP contribution in [0.4, 0.5) is 4.79 Å². The number of alkyl carbamates (subject to hydrolysis) is 1. The largest absolute Gasteiger partial charge is 0.444 e. The number of rotatable bonds is 8. The second-order valence-electron chi connectivity index (χ2n) is 8.00. The summed E-state index contributed by atoms with van der Waals surface area (Å²) in [6.07, 6.45) is 3.31. The fourth-order valence-electron chi connectivity index (χ4n) is 3.01. The minimum atomic E-state index is -0.510. The Kier molecular flexibility index (Phi) is 8.53. The van der Waals surface area contributed by atoms with Gasteiger partial charge in [-0.3, -0.25) is 9.56 Å². The highest BCUT2D eigenvalue weighted by molar-refractivity contribution is 5.79. The lowest BCUT2D eigenvalue weighted by molar-refractivity contribution is 0.0529. The third kappa shape index (κ3) is 7.78. The van der Waals surface area contributed by atoms with Crippen LogP contribution in [0.15, 0.2) is 9.79 Å². The van der Waals surface area contributed by atoms with Gasteiger partial charge in [-0.15, -0.1) is 0 Å². The lowest BCUT2D eigenvalue weighted by Gasteiger charge is -2.19. The van der Waals surface area contributed by atoms with Crippen LogP contribution in [-0.2, 0) is 24.2 Å². The van der Waals surface area contributed by atoms with Gasteiger partial charge in [-0.05, 0) is 47.0 Å². The van der Waals surface area contributed by atoms with Crippen molar-refractivity contribution in [1.82, 2.24) is 30.3 Å². The molecule has 0 aliphatic carbocycles. The predicted molar refractivity (Wildman–Crippen MR) is 112 cm³/mol. The molecular weight excluding hydrogens is 374 g/mol. The summed E-state index contributed by atoms with van der Waals surface area (Å²) in [4.78, 5) is 28.5. The zero-order valence-electron chi connectivity index (χ0n) is 18.1. The Morgan fingerprint density at radius 1 is 1.21 bits per heavy atom. The molecule has 164 valence electrons. The van der Waals surface area contributed by atoms with E-state index in [0.717, 1.165) is 44.6 Å². The van der Waals surface area contributed by atoms with Crippen LogP contribution in [0.5, 0.6) is 0 Å². The highest BCUT2D eigenvalue weighted by atomic mass is 16.6. The van der Waals surface area contributed by atoms with Crippen LogP contribution in [0.3, 0.4) is 0 Å². The average molecular weight is 410 g/mol. The smallest absolute Gasteiger partial charge is 0.407 e. The van der Waals surface area contributed by atoms with Gasteiger partial charge in [0, 0.05) is 45.7 Å². The van der Waals surface area contributed by atoms with Crippen molar-refractivity contribution >= 4 is 12.1 Å². The third-order valence-corrected chi connectivity index (χ3v) is 4.26. The van der Waals surface area contributed by atoms with E-state index in [-0.39, 0.29) is 5.69 Å². The standard InChI is InChI=1S/C19H35N7O3/c1-5-20-16(22-11-12-23-17(27)29-19(2,3)4)21-10-8-14-26-18(28)25-13-7-6-9-15(25)24-26/h5-14H2,1-4H3,(H,23,27)(H2,20,21,22). The van der Waals surface area contributed by atoms with Crippen molar-refractivity contribution in [3.63, 3.8) is 0 Å². The molecule has 1 aromatic heterocycles. The Balaban J connectivity index is 1.72. The first-order valence-corrected chi connectivity index (χ1v) is 10.5. The maximum absolute atomic E-state index is 12.3. The van der Waals surface area contributed by atoms with Gasteiger partial charge in [0.2, 0.25) is 0 Å². The molecule has 2 rings (SSSR count). The second kappa shape index (κ2) is 10.9. The normalized spacial score (nSPS) is 14.3. The first-order valence-electron chi connectivity index (χ1n) is 10.5. The van der Waals surface area contributed by atoms with Crippen molar-refractivity contribution in [3.05, 3.63) is 16.3 Å². The van der Waals surface area contributed by atoms with Crippen molar-refractivity contribution in [3.8, 4) is 0 Å². The average Bonchev–Trinajstić information content (AvgIpc) is 2.97. The molecule has 1 amide bonds. The van der Waals surface area contributed by atoms with Gasteiger partial charge < -0.3 is 20.7 Å². The summed E-state index contributed by atoms with van der Waals surface area (Å²) in [6, 6.07) is 0. The number of carbonyl (C=O) groups is 1. The zero-order chi connectivity index (χ0) is 21.3. The highest BCUT2D eigenvalue weighted by Gasteiger charge is 2.16. The van der Waals surface area contributed by atoms with Crippen molar-refractivity contribution in [2.45, 2.75) is 72.1 Å². The molecule has 1 aromatic rings. The number of aromatic nitrogens is 3. The van der Waals surface area contributed by atoms with Crippen LogP contribution in [-0.4, -0.2) is 58.2 Å². The van der Waals surface area contributed by atoms with Crippen molar-refractivity contribution < 1.29 is 9.53 Å². The Morgan fingerprint density at radius 2 is 1.97 bits per heavy atom. The lowest BCUT2D eigenvalue weighted by atomic mass is 10.2. The summed E-state index contributed by atoms with van der Waals surface area (Å²) < 4.78 is 8.54. The summed E-state index contributed by atoms with van der Waals surface area (Å²) in [7, 11) is 0. The number of ether oxygens (including phenoxy) is 1. The van der Waals surface area contributed by atoms with Crippen LogP contribution >= 0.6 is 0 Å². The Morgan fingerprint density at radius 3 is 2.66 bits per heavy atom. The quantitative estimate of drug-likeness (QED) is 0.333. The minimum absolute atomic E-state index is 0.0121. The van der Waals surface area contributed by atoms with E-state index in [1.807, 2.05) is 27.7 Å². The molecule has 0 saturated carbocycles. The van der Waals surface area contributed by atoms with Gasteiger partial charge in [0.25, 0.3) is 0 Å². The van der Waals surface area contributed by atoms with Gasteiger partial charge in [-0.1, -0.05) is 0 Å². The van der Waals surface area contributed by atoms with E-state index in [4.69, 9.17) is 4.74 Å². The molecule has 0 atom stereocenters. The molecule has 0 bridgehead atoms. The summed E-state index contributed by atoms with van der Waals surface area (Å²) in [5, 5.41) is 13.5. The van der Waals surface area contributed by atoms with E-state index in [2.05, 4.69) is 26.0 Å². The number of hydrogen-bond donors (Lipinski definition) is 3. The Labute approximate surface area is 172 Å². The van der Waals surface area contributed by atoms with E-state index < -0.39 is 11.7 Å². The van der Waals surface area contributed by atoms with Crippen LogP contribution in [0, 0.1) is 0 Å². The molecule has 29 heavy (non-hydrogen) atoms. The number of hydrogen-bond acceptors (Lipinski definition) is 5. The molecule has 0 unspecified atom stereocenters. The minimum Gasteiger partial charge on any atom is -0.444 e. The number of nitrogens with zero attached hydrogens (tertiary/aromatic N) is 4. The summed E-state index contributed by atoms with van der Waals surface area (Å²) in [5.74, 6) is 1.58. The Hall–Kier alpha value is -2.52. The summed E-state index contributed by atoms with van der Waals surface area (Å²) in [6.45, 7) is 11.1. The van der Waals surface area contributed by atoms with Gasteiger partial charge >= 0.3 is 11.8 Å². The molecule has 3 N–H and O–H groups in total. The number of guanidine groups is 1. The van der Waals surface area contributed by atoms with E-state index in [1.165, 1.54) is 0 Å². The molecule has 1 aliphatic heterocycles. The fourth-order valence-corrected chi connectivity index (χ4v) is 3.01. The number of fused-ring (bicyclic) bond motifs is 1. The van der Waals surface area contributed by atoms with E-state index in [9.17, 15) is 9.59 Å². The lowest BCUT2D eigenvalue weighted by Crippen LogP contribution is -2.42. The molecule has 10 nitrogen and oxygen atoms in total. The zero-order valence-corrected chi connectivity index (χ0v) is 18.1. The van der Waals surface area contributed by atoms with Crippen molar-refractivity contribution in [1.29, 1.82) is 0 Å². The second-order valence-corrected chi connectivity index (χ2v) is 8.00. The van der Waals surface area contributed by atoms with Crippen molar-refractivity contribution in [2.75, 3.05) is 26.2 Å². The molecule has 0 fully saturated rings. The first kappa shape index (κ1) is 22.8. The number of nitrogens with one attached hydrogen (secondary N) is 3. The topological polar surface area (TPSA) is 115 Å². The maximum Gasteiger partial charge on any atom is 0.407 e. The summed E-state index contributed by atoms with van der Waals surface area (Å²) in [5.41, 5.74) is -0.522.